The van der Waals surface area contributed by atoms with Gasteiger partial charge in [-0.15, -0.1) is 0 Å². The number of aliphatic hydroxyl groups is 1. The lowest BCUT2D eigenvalue weighted by atomic mass is 10.1. The molecule has 2 aliphatic heterocycles. The van der Waals surface area contributed by atoms with Gasteiger partial charge < -0.3 is 19.3 Å². The van der Waals surface area contributed by atoms with Crippen LogP contribution in [0, 0.1) is 0 Å². The minimum atomic E-state index is -0.796. The van der Waals surface area contributed by atoms with Crippen LogP contribution in [0.25, 0.3) is 0 Å². The van der Waals surface area contributed by atoms with E-state index >= 15 is 0 Å². The Bertz CT molecular complexity index is 810. The van der Waals surface area contributed by atoms with E-state index in [1.54, 1.807) is 6.92 Å². The van der Waals surface area contributed by atoms with Crippen LogP contribution in [0.3, 0.4) is 0 Å². The first-order valence-corrected chi connectivity index (χ1v) is 9.33. The highest BCUT2D eigenvalue weighted by Crippen LogP contribution is 2.34. The summed E-state index contributed by atoms with van der Waals surface area (Å²) < 4.78 is 16.5. The number of amides is 3. The SMILES string of the molecule is CC(=O)O[C@H]1C[C@H]([N+]2(COCc3ccccc3)C=C(C)C(=O)NC2=O)O[C@@H]1CO. The predicted molar refractivity (Wildman–Crippen MR) is 99.6 cm³/mol. The molecule has 1 saturated heterocycles. The molecule has 1 unspecified atom stereocenters. The van der Waals surface area contributed by atoms with Gasteiger partial charge in [0.25, 0.3) is 5.91 Å². The molecule has 0 aliphatic carbocycles. The average molecular weight is 405 g/mol. The maximum atomic E-state index is 12.9. The van der Waals surface area contributed by atoms with Gasteiger partial charge in [0.2, 0.25) is 6.23 Å². The van der Waals surface area contributed by atoms with E-state index in [9.17, 15) is 19.5 Å². The van der Waals surface area contributed by atoms with Gasteiger partial charge >= 0.3 is 12.0 Å². The maximum Gasteiger partial charge on any atom is 0.432 e. The van der Waals surface area contributed by atoms with Crippen molar-refractivity contribution in [2.45, 2.75) is 45.3 Å². The van der Waals surface area contributed by atoms with Crippen molar-refractivity contribution in [2.24, 2.45) is 0 Å². The largest absolute Gasteiger partial charge is 0.459 e. The molecule has 3 rings (SSSR count). The fourth-order valence-corrected chi connectivity index (χ4v) is 3.53. The Balaban J connectivity index is 1.84. The van der Waals surface area contributed by atoms with Gasteiger partial charge in [-0.2, -0.15) is 4.48 Å². The lowest BCUT2D eigenvalue weighted by Gasteiger charge is -2.37. The summed E-state index contributed by atoms with van der Waals surface area (Å²) >= 11 is 0. The van der Waals surface area contributed by atoms with Crippen molar-refractivity contribution >= 4 is 17.9 Å². The minimum Gasteiger partial charge on any atom is -0.459 e. The van der Waals surface area contributed by atoms with E-state index in [4.69, 9.17) is 14.2 Å². The Kier molecular flexibility index (Phi) is 6.43. The minimum absolute atomic E-state index is 0.0963. The van der Waals surface area contributed by atoms with E-state index in [0.29, 0.717) is 5.57 Å². The van der Waals surface area contributed by atoms with Crippen molar-refractivity contribution in [1.82, 2.24) is 5.32 Å². The number of hydrogen-bond acceptors (Lipinski definition) is 7. The highest BCUT2D eigenvalue weighted by Gasteiger charge is 2.54. The summed E-state index contributed by atoms with van der Waals surface area (Å²) in [7, 11) is 0. The fourth-order valence-electron chi connectivity index (χ4n) is 3.53. The third-order valence-electron chi connectivity index (χ3n) is 4.99. The molecule has 0 radical (unpaired) electrons. The number of rotatable bonds is 7. The molecule has 3 amide bonds. The molecule has 1 aromatic rings. The van der Waals surface area contributed by atoms with Gasteiger partial charge in [0, 0.05) is 6.92 Å². The number of esters is 1. The van der Waals surface area contributed by atoms with E-state index in [1.165, 1.54) is 13.1 Å². The first-order valence-electron chi connectivity index (χ1n) is 9.33. The van der Waals surface area contributed by atoms with Crippen molar-refractivity contribution in [3.8, 4) is 0 Å². The second kappa shape index (κ2) is 8.83. The number of carbonyl (C=O) groups excluding carboxylic acids is 3. The van der Waals surface area contributed by atoms with Crippen LogP contribution in [0.1, 0.15) is 25.8 Å². The smallest absolute Gasteiger partial charge is 0.432 e. The molecule has 2 heterocycles. The molecule has 9 heteroatoms. The molecule has 156 valence electrons. The van der Waals surface area contributed by atoms with Crippen LogP contribution in [-0.2, 0) is 30.4 Å². The van der Waals surface area contributed by atoms with Crippen molar-refractivity contribution in [1.29, 1.82) is 0 Å². The van der Waals surface area contributed by atoms with Crippen LogP contribution in [0.2, 0.25) is 0 Å². The maximum absolute atomic E-state index is 12.9. The summed E-state index contributed by atoms with van der Waals surface area (Å²) in [6.45, 7) is 2.65. The number of ether oxygens (including phenoxy) is 3. The van der Waals surface area contributed by atoms with E-state index in [1.807, 2.05) is 30.3 Å². The van der Waals surface area contributed by atoms with Crippen LogP contribution in [0.4, 0.5) is 4.79 Å². The van der Waals surface area contributed by atoms with Crippen molar-refractivity contribution < 1.29 is 38.2 Å². The summed E-state index contributed by atoms with van der Waals surface area (Å²) in [6.07, 6.45) is -0.597. The Morgan fingerprint density at radius 1 is 1.31 bits per heavy atom. The number of benzene rings is 1. The molecule has 0 spiro atoms. The van der Waals surface area contributed by atoms with Gasteiger partial charge in [0.05, 0.1) is 25.2 Å². The van der Waals surface area contributed by atoms with Crippen LogP contribution < -0.4 is 5.32 Å². The second-order valence-corrected chi connectivity index (χ2v) is 7.16. The number of aliphatic hydroxyl groups excluding tert-OH is 1. The Morgan fingerprint density at radius 3 is 2.69 bits per heavy atom. The van der Waals surface area contributed by atoms with Crippen molar-refractivity contribution in [2.75, 3.05) is 13.3 Å². The first-order chi connectivity index (χ1) is 13.9. The molecule has 2 N–H and O–H groups in total. The van der Waals surface area contributed by atoms with Crippen LogP contribution in [-0.4, -0.2) is 59.3 Å². The normalized spacial score (nSPS) is 29.3. The lowest BCUT2D eigenvalue weighted by molar-refractivity contribution is -0.872. The summed E-state index contributed by atoms with van der Waals surface area (Å²) in [5.41, 5.74) is 1.27. The quantitative estimate of drug-likeness (QED) is 0.517. The Labute approximate surface area is 168 Å². The summed E-state index contributed by atoms with van der Waals surface area (Å²) in [5, 5.41) is 11.9. The van der Waals surface area contributed by atoms with E-state index in [0.717, 1.165) is 5.56 Å². The summed E-state index contributed by atoms with van der Waals surface area (Å²) in [5.74, 6) is -0.991. The van der Waals surface area contributed by atoms with Crippen LogP contribution >= 0.6 is 0 Å². The van der Waals surface area contributed by atoms with Gasteiger partial charge in [-0.05, 0) is 12.5 Å². The van der Waals surface area contributed by atoms with Gasteiger partial charge in [-0.3, -0.25) is 9.59 Å². The summed E-state index contributed by atoms with van der Waals surface area (Å²) in [6, 6.07) is 8.86. The number of urea groups is 1. The molecule has 0 bridgehead atoms. The second-order valence-electron chi connectivity index (χ2n) is 7.16. The lowest BCUT2D eigenvalue weighted by Crippen LogP contribution is -2.64. The molecule has 29 heavy (non-hydrogen) atoms. The number of quaternary nitrogens is 1. The molecular formula is C20H25N2O7+. The third kappa shape index (κ3) is 4.54. The van der Waals surface area contributed by atoms with Crippen LogP contribution in [0.5, 0.6) is 0 Å². The number of hydrogen-bond donors (Lipinski definition) is 2. The molecule has 0 aromatic heterocycles. The fraction of sp³-hybridized carbons (Fsp3) is 0.450. The highest BCUT2D eigenvalue weighted by atomic mass is 16.6. The number of imide groups is 1. The van der Waals surface area contributed by atoms with Gasteiger partial charge in [0.15, 0.2) is 6.73 Å². The summed E-state index contributed by atoms with van der Waals surface area (Å²) in [4.78, 5) is 36.2. The van der Waals surface area contributed by atoms with E-state index < -0.39 is 40.8 Å². The number of nitrogens with one attached hydrogen (secondary N) is 1. The zero-order valence-electron chi connectivity index (χ0n) is 16.4. The number of carbonyl (C=O) groups is 3. The molecule has 4 atom stereocenters. The number of nitrogens with zero attached hydrogens (tertiary/aromatic N) is 1. The molecule has 9 nitrogen and oxygen atoms in total. The first kappa shape index (κ1) is 21.1. The molecular weight excluding hydrogens is 380 g/mol. The standard InChI is InChI=1S/C20H24N2O7/c1-13-9-22(20(26)21-19(13)25,12-27-11-15-6-4-3-5-7-15)18-8-16(28-14(2)24)17(10-23)29-18/h3-7,9,16-18,23H,8,10-12H2,1-2H3/p+1/t16-,17+,18+,22?/m0/s1. The molecule has 1 aromatic carbocycles. The third-order valence-corrected chi connectivity index (χ3v) is 4.99. The van der Waals surface area contributed by atoms with Crippen molar-refractivity contribution in [3.05, 3.63) is 47.7 Å². The zero-order chi connectivity index (χ0) is 21.0. The average Bonchev–Trinajstić information content (AvgIpc) is 3.09. The zero-order valence-corrected chi connectivity index (χ0v) is 16.4. The van der Waals surface area contributed by atoms with Gasteiger partial charge in [-0.1, -0.05) is 30.3 Å². The molecule has 2 aliphatic rings. The predicted octanol–water partition coefficient (Wildman–Crippen LogP) is 1.17. The Morgan fingerprint density at radius 2 is 2.03 bits per heavy atom. The van der Waals surface area contributed by atoms with E-state index in [-0.39, 0.29) is 26.4 Å². The topological polar surface area (TPSA) is 111 Å². The Hall–Kier alpha value is -2.59. The highest BCUT2D eigenvalue weighted by molar-refractivity contribution is 6.03. The molecule has 1 fully saturated rings. The van der Waals surface area contributed by atoms with Crippen molar-refractivity contribution in [3.63, 3.8) is 0 Å². The monoisotopic (exact) mass is 405 g/mol. The van der Waals surface area contributed by atoms with E-state index in [2.05, 4.69) is 5.32 Å². The van der Waals surface area contributed by atoms with Gasteiger partial charge in [0.1, 0.15) is 18.4 Å². The molecule has 0 saturated carbocycles. The van der Waals surface area contributed by atoms with Crippen LogP contribution in [0.15, 0.2) is 42.1 Å². The van der Waals surface area contributed by atoms with Gasteiger partial charge in [-0.25, -0.2) is 10.1 Å².